The smallest absolute Gasteiger partial charge is 0.301 e. The van der Waals surface area contributed by atoms with Crippen LogP contribution in [0.15, 0.2) is 23.4 Å². The molecule has 0 saturated carbocycles. The minimum atomic E-state index is -3.66. The first-order valence-corrected chi connectivity index (χ1v) is 7.43. The molecule has 4 N–H and O–H groups in total. The fourth-order valence-electron chi connectivity index (χ4n) is 1.98. The third kappa shape index (κ3) is 2.99. The third-order valence-corrected chi connectivity index (χ3v) is 4.54. The molecule has 0 spiro atoms. The molecule has 20 heavy (non-hydrogen) atoms. The number of oxime groups is 1. The Morgan fingerprint density at radius 1 is 1.40 bits per heavy atom. The van der Waals surface area contributed by atoms with Crippen molar-refractivity contribution in [2.45, 2.75) is 12.8 Å². The molecule has 9 heteroatoms. The van der Waals surface area contributed by atoms with Crippen molar-refractivity contribution in [3.8, 4) is 0 Å². The molecule has 0 aliphatic carbocycles. The van der Waals surface area contributed by atoms with E-state index in [1.165, 1.54) is 16.4 Å². The van der Waals surface area contributed by atoms with Crippen molar-refractivity contribution in [1.29, 1.82) is 0 Å². The Bertz CT molecular complexity index is 627. The molecule has 1 aliphatic heterocycles. The number of anilines is 1. The molecule has 1 heterocycles. The number of nitrogens with zero attached hydrogens (tertiary/aromatic N) is 2. The lowest BCUT2D eigenvalue weighted by Crippen LogP contribution is -2.33. The fraction of sp³-hybridized carbons (Fsp3) is 0.364. The summed E-state index contributed by atoms with van der Waals surface area (Å²) in [6, 6.07) is 3.50. The SMILES string of the molecule is NC(=NO)c1cc(NS(=O)(=O)N2CCCC2)ccc1F. The topological polar surface area (TPSA) is 108 Å². The summed E-state index contributed by atoms with van der Waals surface area (Å²) in [4.78, 5) is 0. The standard InChI is InChI=1S/C11H15FN4O3S/c12-10-4-3-8(7-9(10)11(13)14-17)15-20(18,19)16-5-1-2-6-16/h3-4,7,15,17H,1-2,5-6H2,(H2,13,14). The molecule has 0 atom stereocenters. The molecular weight excluding hydrogens is 287 g/mol. The Balaban J connectivity index is 2.26. The van der Waals surface area contributed by atoms with Crippen LogP contribution in [-0.4, -0.2) is 36.9 Å². The van der Waals surface area contributed by atoms with Gasteiger partial charge in [-0.1, -0.05) is 5.16 Å². The van der Waals surface area contributed by atoms with Crippen LogP contribution in [0, 0.1) is 5.82 Å². The van der Waals surface area contributed by atoms with Crippen molar-refractivity contribution < 1.29 is 18.0 Å². The first kappa shape index (κ1) is 14.5. The highest BCUT2D eigenvalue weighted by Gasteiger charge is 2.25. The molecule has 1 aromatic carbocycles. The van der Waals surface area contributed by atoms with Gasteiger partial charge in [0.15, 0.2) is 5.84 Å². The molecular formula is C11H15FN4O3S. The van der Waals surface area contributed by atoms with Crippen molar-refractivity contribution in [1.82, 2.24) is 4.31 Å². The molecule has 0 unspecified atom stereocenters. The van der Waals surface area contributed by atoms with Crippen LogP contribution in [0.1, 0.15) is 18.4 Å². The first-order chi connectivity index (χ1) is 9.44. The molecule has 1 fully saturated rings. The van der Waals surface area contributed by atoms with Gasteiger partial charge in [0.1, 0.15) is 5.82 Å². The second kappa shape index (κ2) is 5.63. The van der Waals surface area contributed by atoms with E-state index in [2.05, 4.69) is 9.88 Å². The molecule has 110 valence electrons. The zero-order valence-corrected chi connectivity index (χ0v) is 11.4. The van der Waals surface area contributed by atoms with Crippen molar-refractivity contribution in [3.05, 3.63) is 29.6 Å². The van der Waals surface area contributed by atoms with E-state index in [-0.39, 0.29) is 11.3 Å². The zero-order valence-electron chi connectivity index (χ0n) is 10.6. The Morgan fingerprint density at radius 2 is 2.05 bits per heavy atom. The van der Waals surface area contributed by atoms with Crippen LogP contribution in [0.4, 0.5) is 10.1 Å². The summed E-state index contributed by atoms with van der Waals surface area (Å²) in [5.74, 6) is -1.13. The highest BCUT2D eigenvalue weighted by Crippen LogP contribution is 2.19. The van der Waals surface area contributed by atoms with Gasteiger partial charge in [-0.25, -0.2) is 4.39 Å². The minimum Gasteiger partial charge on any atom is -0.409 e. The Hall–Kier alpha value is -1.87. The molecule has 2 rings (SSSR count). The predicted molar refractivity (Wildman–Crippen MR) is 72.3 cm³/mol. The van der Waals surface area contributed by atoms with Gasteiger partial charge in [-0.15, -0.1) is 0 Å². The number of nitrogens with one attached hydrogen (secondary N) is 1. The molecule has 1 aliphatic rings. The van der Waals surface area contributed by atoms with E-state index < -0.39 is 21.9 Å². The molecule has 0 radical (unpaired) electrons. The molecule has 0 bridgehead atoms. The lowest BCUT2D eigenvalue weighted by atomic mass is 10.2. The molecule has 0 amide bonds. The monoisotopic (exact) mass is 302 g/mol. The Kier molecular flexibility index (Phi) is 4.09. The van der Waals surface area contributed by atoms with Crippen LogP contribution in [0.2, 0.25) is 0 Å². The number of hydrogen-bond acceptors (Lipinski definition) is 4. The van der Waals surface area contributed by atoms with Gasteiger partial charge in [0.05, 0.1) is 11.3 Å². The van der Waals surface area contributed by atoms with Gasteiger partial charge in [-0.2, -0.15) is 12.7 Å². The largest absolute Gasteiger partial charge is 0.409 e. The van der Waals surface area contributed by atoms with E-state index in [1.807, 2.05) is 0 Å². The average Bonchev–Trinajstić information content (AvgIpc) is 2.94. The Morgan fingerprint density at radius 3 is 2.65 bits per heavy atom. The highest BCUT2D eigenvalue weighted by atomic mass is 32.2. The first-order valence-electron chi connectivity index (χ1n) is 5.99. The molecule has 7 nitrogen and oxygen atoms in total. The minimum absolute atomic E-state index is 0.153. The van der Waals surface area contributed by atoms with Gasteiger partial charge >= 0.3 is 10.2 Å². The van der Waals surface area contributed by atoms with Gasteiger partial charge in [0, 0.05) is 13.1 Å². The summed E-state index contributed by atoms with van der Waals surface area (Å²) < 4.78 is 41.2. The van der Waals surface area contributed by atoms with E-state index in [0.29, 0.717) is 13.1 Å². The van der Waals surface area contributed by atoms with Gasteiger partial charge in [0.25, 0.3) is 0 Å². The van der Waals surface area contributed by atoms with Crippen molar-refractivity contribution in [3.63, 3.8) is 0 Å². The highest BCUT2D eigenvalue weighted by molar-refractivity contribution is 7.90. The van der Waals surface area contributed by atoms with Crippen LogP contribution in [-0.2, 0) is 10.2 Å². The van der Waals surface area contributed by atoms with Crippen LogP contribution >= 0.6 is 0 Å². The second-order valence-electron chi connectivity index (χ2n) is 4.39. The number of rotatable bonds is 4. The normalized spacial score (nSPS) is 17.4. The van der Waals surface area contributed by atoms with Crippen molar-refractivity contribution >= 4 is 21.7 Å². The van der Waals surface area contributed by atoms with Crippen molar-refractivity contribution in [2.24, 2.45) is 10.9 Å². The summed E-state index contributed by atoms with van der Waals surface area (Å²) >= 11 is 0. The summed E-state index contributed by atoms with van der Waals surface area (Å²) in [7, 11) is -3.66. The van der Waals surface area contributed by atoms with Crippen LogP contribution in [0.25, 0.3) is 0 Å². The number of amidine groups is 1. The second-order valence-corrected chi connectivity index (χ2v) is 6.06. The molecule has 0 aromatic heterocycles. The number of nitrogens with two attached hydrogens (primary N) is 1. The summed E-state index contributed by atoms with van der Waals surface area (Å²) in [6.45, 7) is 0.924. The predicted octanol–water partition coefficient (Wildman–Crippen LogP) is 0.673. The van der Waals surface area contributed by atoms with E-state index in [9.17, 15) is 12.8 Å². The lowest BCUT2D eigenvalue weighted by Gasteiger charge is -2.17. The van der Waals surface area contributed by atoms with Gasteiger partial charge in [-0.05, 0) is 31.0 Å². The van der Waals surface area contributed by atoms with Crippen LogP contribution < -0.4 is 10.5 Å². The maximum Gasteiger partial charge on any atom is 0.301 e. The van der Waals surface area contributed by atoms with Crippen molar-refractivity contribution in [2.75, 3.05) is 17.8 Å². The third-order valence-electron chi connectivity index (χ3n) is 3.00. The van der Waals surface area contributed by atoms with E-state index in [4.69, 9.17) is 10.9 Å². The van der Waals surface area contributed by atoms with Gasteiger partial charge in [-0.3, -0.25) is 4.72 Å². The summed E-state index contributed by atoms with van der Waals surface area (Å²) in [5, 5.41) is 11.3. The maximum absolute atomic E-state index is 13.5. The van der Waals surface area contributed by atoms with Gasteiger partial charge in [0.2, 0.25) is 0 Å². The van der Waals surface area contributed by atoms with E-state index in [1.54, 1.807) is 0 Å². The van der Waals surface area contributed by atoms with Crippen LogP contribution in [0.5, 0.6) is 0 Å². The fourth-order valence-corrected chi connectivity index (χ4v) is 3.27. The van der Waals surface area contributed by atoms with Gasteiger partial charge < -0.3 is 10.9 Å². The molecule has 1 aromatic rings. The average molecular weight is 302 g/mol. The van der Waals surface area contributed by atoms with E-state index >= 15 is 0 Å². The lowest BCUT2D eigenvalue weighted by molar-refractivity contribution is 0.318. The van der Waals surface area contributed by atoms with E-state index in [0.717, 1.165) is 18.9 Å². The maximum atomic E-state index is 13.5. The Labute approximate surface area is 116 Å². The molecule has 1 saturated heterocycles. The quantitative estimate of drug-likeness (QED) is 0.329. The zero-order chi connectivity index (χ0) is 14.8. The summed E-state index contributed by atoms with van der Waals surface area (Å²) in [6.07, 6.45) is 1.64. The number of halogens is 1. The number of hydrogen-bond donors (Lipinski definition) is 3. The number of benzene rings is 1. The van der Waals surface area contributed by atoms with Crippen LogP contribution in [0.3, 0.4) is 0 Å². The summed E-state index contributed by atoms with van der Waals surface area (Å²) in [5.41, 5.74) is 5.30.